The predicted octanol–water partition coefficient (Wildman–Crippen LogP) is 3.29. The van der Waals surface area contributed by atoms with Crippen molar-refractivity contribution in [3.63, 3.8) is 0 Å². The number of rotatable bonds is 6. The van der Waals surface area contributed by atoms with E-state index in [1.165, 1.54) is 23.5 Å². The minimum Gasteiger partial charge on any atom is -0.495 e. The molecule has 1 aliphatic rings. The number of anilines is 2. The zero-order valence-electron chi connectivity index (χ0n) is 16.2. The van der Waals surface area contributed by atoms with Crippen LogP contribution in [0.25, 0.3) is 0 Å². The normalized spacial score (nSPS) is 17.1. The Bertz CT molecular complexity index is 1140. The first-order valence-electron chi connectivity index (χ1n) is 9.34. The molecule has 1 aromatic carbocycles. The predicted molar refractivity (Wildman–Crippen MR) is 108 cm³/mol. The van der Waals surface area contributed by atoms with E-state index in [0.29, 0.717) is 36.7 Å². The number of sulfonamides is 1. The minimum absolute atomic E-state index is 0.105. The summed E-state index contributed by atoms with van der Waals surface area (Å²) in [5, 5.41) is 3.06. The number of nitrogens with zero attached hydrogens (tertiary/aromatic N) is 4. The van der Waals surface area contributed by atoms with Crippen molar-refractivity contribution >= 4 is 21.7 Å². The zero-order chi connectivity index (χ0) is 21.1. The molecule has 0 radical (unpaired) electrons. The maximum atomic E-state index is 13.8. The lowest BCUT2D eigenvalue weighted by Gasteiger charge is -2.25. The number of methoxy groups -OCH3 is 1. The molecule has 0 saturated carbocycles. The summed E-state index contributed by atoms with van der Waals surface area (Å²) in [5.74, 6) is 0.523. The van der Waals surface area contributed by atoms with Crippen LogP contribution in [-0.2, 0) is 10.0 Å². The molecule has 4 rings (SSSR count). The van der Waals surface area contributed by atoms with Crippen molar-refractivity contribution in [1.82, 2.24) is 19.3 Å². The summed E-state index contributed by atoms with van der Waals surface area (Å²) in [5.41, 5.74) is 0.598. The van der Waals surface area contributed by atoms with E-state index in [9.17, 15) is 12.8 Å². The summed E-state index contributed by atoms with van der Waals surface area (Å²) < 4.78 is 47.0. The fraction of sp³-hybridized carbons (Fsp3) is 0.250. The van der Waals surface area contributed by atoms with Gasteiger partial charge in [-0.15, -0.1) is 0 Å². The van der Waals surface area contributed by atoms with E-state index in [4.69, 9.17) is 4.74 Å². The smallest absolute Gasteiger partial charge is 0.247 e. The van der Waals surface area contributed by atoms with Crippen molar-refractivity contribution in [2.24, 2.45) is 0 Å². The van der Waals surface area contributed by atoms with E-state index in [2.05, 4.69) is 20.3 Å². The van der Waals surface area contributed by atoms with E-state index in [-0.39, 0.29) is 10.6 Å². The molecule has 8 nitrogen and oxygen atoms in total. The molecular weight excluding hydrogens is 409 g/mol. The molecule has 0 bridgehead atoms. The van der Waals surface area contributed by atoms with Gasteiger partial charge in [-0.1, -0.05) is 6.07 Å². The van der Waals surface area contributed by atoms with Gasteiger partial charge in [-0.05, 0) is 43.2 Å². The van der Waals surface area contributed by atoms with Crippen LogP contribution < -0.4 is 10.1 Å². The van der Waals surface area contributed by atoms with Crippen LogP contribution in [0, 0.1) is 5.82 Å². The average Bonchev–Trinajstić information content (AvgIpc) is 3.26. The fourth-order valence-corrected chi connectivity index (χ4v) is 5.34. The highest BCUT2D eigenvalue weighted by Crippen LogP contribution is 2.38. The molecule has 10 heteroatoms. The van der Waals surface area contributed by atoms with Crippen molar-refractivity contribution in [2.45, 2.75) is 23.8 Å². The molecule has 0 amide bonds. The van der Waals surface area contributed by atoms with Gasteiger partial charge in [-0.25, -0.2) is 22.8 Å². The number of pyridine rings is 1. The molecule has 1 aliphatic heterocycles. The first-order valence-corrected chi connectivity index (χ1v) is 10.8. The van der Waals surface area contributed by atoms with Crippen LogP contribution in [0.5, 0.6) is 5.75 Å². The molecular formula is C20H20FN5O3S. The van der Waals surface area contributed by atoms with Gasteiger partial charge in [0.1, 0.15) is 28.1 Å². The monoisotopic (exact) mass is 429 g/mol. The Morgan fingerprint density at radius 2 is 2.07 bits per heavy atom. The van der Waals surface area contributed by atoms with Gasteiger partial charge in [-0.2, -0.15) is 4.31 Å². The Morgan fingerprint density at radius 3 is 2.83 bits per heavy atom. The molecule has 1 N–H and O–H groups in total. The van der Waals surface area contributed by atoms with E-state index < -0.39 is 21.9 Å². The second kappa shape index (κ2) is 8.33. The van der Waals surface area contributed by atoms with Gasteiger partial charge >= 0.3 is 0 Å². The van der Waals surface area contributed by atoms with Gasteiger partial charge in [0.25, 0.3) is 0 Å². The Morgan fingerprint density at radius 1 is 1.20 bits per heavy atom. The molecule has 30 heavy (non-hydrogen) atoms. The first kappa shape index (κ1) is 20.2. The van der Waals surface area contributed by atoms with Gasteiger partial charge in [0.2, 0.25) is 10.0 Å². The second-order valence-corrected chi connectivity index (χ2v) is 8.59. The van der Waals surface area contributed by atoms with Gasteiger partial charge < -0.3 is 10.1 Å². The number of benzene rings is 1. The molecule has 2 aromatic heterocycles. The van der Waals surface area contributed by atoms with E-state index in [1.807, 2.05) is 0 Å². The molecule has 1 fully saturated rings. The highest BCUT2D eigenvalue weighted by molar-refractivity contribution is 7.89. The average molecular weight is 429 g/mol. The third-order valence-corrected chi connectivity index (χ3v) is 6.78. The van der Waals surface area contributed by atoms with E-state index in [0.717, 1.165) is 6.07 Å². The Kier molecular flexibility index (Phi) is 5.60. The molecule has 1 unspecified atom stereocenters. The summed E-state index contributed by atoms with van der Waals surface area (Å²) in [7, 11) is -2.63. The zero-order valence-corrected chi connectivity index (χ0v) is 17.0. The summed E-state index contributed by atoms with van der Waals surface area (Å²) >= 11 is 0. The Hall–Kier alpha value is -3.11. The van der Waals surface area contributed by atoms with Crippen LogP contribution in [0.3, 0.4) is 0 Å². The summed E-state index contributed by atoms with van der Waals surface area (Å²) in [6.45, 7) is 0.316. The maximum Gasteiger partial charge on any atom is 0.247 e. The number of hydrogen-bond acceptors (Lipinski definition) is 7. The SMILES string of the molecule is COc1ccc(F)cc1S(=O)(=O)N1CCCC1c1cccc(Nc2cnccn2)n1. The summed E-state index contributed by atoms with van der Waals surface area (Å²) in [6, 6.07) is 8.35. The Labute approximate surface area is 173 Å². The topological polar surface area (TPSA) is 97.3 Å². The number of halogens is 1. The molecule has 3 heterocycles. The van der Waals surface area contributed by atoms with Crippen molar-refractivity contribution in [3.05, 3.63) is 66.5 Å². The number of aromatic nitrogens is 3. The molecule has 0 aliphatic carbocycles. The van der Waals surface area contributed by atoms with Gasteiger partial charge in [0.05, 0.1) is 25.0 Å². The molecule has 3 aromatic rings. The van der Waals surface area contributed by atoms with Gasteiger partial charge in [0.15, 0.2) is 0 Å². The van der Waals surface area contributed by atoms with Crippen LogP contribution in [0.4, 0.5) is 16.0 Å². The molecule has 1 atom stereocenters. The Balaban J connectivity index is 1.66. The van der Waals surface area contributed by atoms with E-state index >= 15 is 0 Å². The van der Waals surface area contributed by atoms with E-state index in [1.54, 1.807) is 36.8 Å². The summed E-state index contributed by atoms with van der Waals surface area (Å²) in [4.78, 5) is 12.5. The van der Waals surface area contributed by atoms with Gasteiger partial charge in [0, 0.05) is 18.9 Å². The van der Waals surface area contributed by atoms with Crippen LogP contribution in [0.15, 0.2) is 59.9 Å². The third kappa shape index (κ3) is 3.96. The van der Waals surface area contributed by atoms with Crippen LogP contribution in [-0.4, -0.2) is 41.3 Å². The van der Waals surface area contributed by atoms with Crippen LogP contribution in [0.2, 0.25) is 0 Å². The second-order valence-electron chi connectivity index (χ2n) is 6.73. The lowest BCUT2D eigenvalue weighted by Crippen LogP contribution is -2.31. The number of nitrogens with one attached hydrogen (secondary N) is 1. The van der Waals surface area contributed by atoms with Crippen molar-refractivity contribution in [1.29, 1.82) is 0 Å². The lowest BCUT2D eigenvalue weighted by molar-refractivity contribution is 0.376. The minimum atomic E-state index is -3.99. The highest BCUT2D eigenvalue weighted by Gasteiger charge is 2.38. The lowest BCUT2D eigenvalue weighted by atomic mass is 10.1. The van der Waals surface area contributed by atoms with Crippen molar-refractivity contribution < 1.29 is 17.5 Å². The molecule has 1 saturated heterocycles. The largest absolute Gasteiger partial charge is 0.495 e. The van der Waals surface area contributed by atoms with Crippen molar-refractivity contribution in [3.8, 4) is 5.75 Å². The number of hydrogen-bond donors (Lipinski definition) is 1. The summed E-state index contributed by atoms with van der Waals surface area (Å²) in [6.07, 6.45) is 5.97. The standard InChI is InChI=1S/C20H20FN5O3S/c1-29-17-8-7-14(21)12-18(17)30(27,28)26-11-3-5-16(26)15-4-2-6-19(24-15)25-20-13-22-9-10-23-20/h2,4,6-10,12-13,16H,3,5,11H2,1H3,(H,23,24,25). The fourth-order valence-electron chi connectivity index (χ4n) is 3.50. The quantitative estimate of drug-likeness (QED) is 0.642. The number of ether oxygens (including phenoxy) is 1. The van der Waals surface area contributed by atoms with Crippen LogP contribution >= 0.6 is 0 Å². The molecule has 0 spiro atoms. The highest BCUT2D eigenvalue weighted by atomic mass is 32.2. The van der Waals surface area contributed by atoms with Crippen LogP contribution in [0.1, 0.15) is 24.6 Å². The van der Waals surface area contributed by atoms with Gasteiger partial charge in [-0.3, -0.25) is 4.98 Å². The first-order chi connectivity index (χ1) is 14.5. The maximum absolute atomic E-state index is 13.8. The molecule has 156 valence electrons. The van der Waals surface area contributed by atoms with Crippen molar-refractivity contribution in [2.75, 3.05) is 19.0 Å². The third-order valence-electron chi connectivity index (χ3n) is 4.85.